The van der Waals surface area contributed by atoms with Crippen molar-refractivity contribution in [2.75, 3.05) is 40.4 Å². The van der Waals surface area contributed by atoms with Crippen LogP contribution in [-0.2, 0) is 13.1 Å². The summed E-state index contributed by atoms with van der Waals surface area (Å²) in [6.07, 6.45) is 0. The third-order valence-electron chi connectivity index (χ3n) is 5.35. The van der Waals surface area contributed by atoms with Crippen molar-refractivity contribution in [2.45, 2.75) is 40.8 Å². The number of benzene rings is 2. The average Bonchev–Trinajstić information content (AvgIpc) is 2.79. The fourth-order valence-electron chi connectivity index (χ4n) is 3.34. The Morgan fingerprint density at radius 1 is 0.633 bits per heavy atom. The van der Waals surface area contributed by atoms with E-state index in [2.05, 4.69) is 73.9 Å². The molecule has 0 heterocycles. The zero-order chi connectivity index (χ0) is 21.9. The second kappa shape index (κ2) is 13.4. The third kappa shape index (κ3) is 6.75. The summed E-state index contributed by atoms with van der Waals surface area (Å²) >= 11 is 0.628. The van der Waals surface area contributed by atoms with Gasteiger partial charge in [0.25, 0.3) is 0 Å². The summed E-state index contributed by atoms with van der Waals surface area (Å²) in [4.78, 5) is 4.94. The first-order valence-corrected chi connectivity index (χ1v) is 16.8. The summed E-state index contributed by atoms with van der Waals surface area (Å²) in [7, 11) is 3.58. The van der Waals surface area contributed by atoms with E-state index in [-0.39, 0.29) is 0 Å². The molecule has 0 aliphatic rings. The molecule has 0 aliphatic heterocycles. The molecule has 0 amide bonds. The van der Waals surface area contributed by atoms with E-state index in [1.54, 1.807) is 14.2 Å². The SMILES string of the molecule is CCN(CC)Cc1cccc(OC)c1[Se][Se]c1c(CN(CC)CC)cccc1OC. The molecule has 0 unspecified atom stereocenters. The Morgan fingerprint density at radius 3 is 1.30 bits per heavy atom. The van der Waals surface area contributed by atoms with Crippen LogP contribution in [0.5, 0.6) is 11.5 Å². The van der Waals surface area contributed by atoms with Crippen molar-refractivity contribution in [3.8, 4) is 11.5 Å². The Labute approximate surface area is 194 Å². The van der Waals surface area contributed by atoms with Crippen molar-refractivity contribution in [1.29, 1.82) is 0 Å². The van der Waals surface area contributed by atoms with Crippen LogP contribution in [0.1, 0.15) is 38.8 Å². The van der Waals surface area contributed by atoms with Crippen molar-refractivity contribution in [2.24, 2.45) is 0 Å². The summed E-state index contributed by atoms with van der Waals surface area (Å²) in [5, 5.41) is 0. The monoisotopic (exact) mass is 544 g/mol. The van der Waals surface area contributed by atoms with Crippen LogP contribution in [0.25, 0.3) is 0 Å². The molecule has 2 aromatic rings. The zero-order valence-electron chi connectivity index (χ0n) is 19.2. The third-order valence-corrected chi connectivity index (χ3v) is 12.7. The predicted octanol–water partition coefficient (Wildman–Crippen LogP) is 2.66. The van der Waals surface area contributed by atoms with Gasteiger partial charge in [-0.1, -0.05) is 0 Å². The molecule has 0 bridgehead atoms. The molecule has 0 saturated carbocycles. The topological polar surface area (TPSA) is 24.9 Å². The molecular formula is C24H36N2O2Se2. The summed E-state index contributed by atoms with van der Waals surface area (Å²) in [5.74, 6) is 2.06. The Balaban J connectivity index is 2.34. The van der Waals surface area contributed by atoms with Gasteiger partial charge in [-0.2, -0.15) is 0 Å². The molecule has 0 atom stereocenters. The number of methoxy groups -OCH3 is 2. The average molecular weight is 542 g/mol. The fraction of sp³-hybridized carbons (Fsp3) is 0.500. The first-order chi connectivity index (χ1) is 14.6. The number of rotatable bonds is 13. The summed E-state index contributed by atoms with van der Waals surface area (Å²) in [6, 6.07) is 13.0. The quantitative estimate of drug-likeness (QED) is 0.364. The number of ether oxygens (including phenoxy) is 2. The number of hydrogen-bond acceptors (Lipinski definition) is 4. The molecule has 0 spiro atoms. The van der Waals surface area contributed by atoms with Gasteiger partial charge >= 0.3 is 195 Å². The molecule has 0 radical (unpaired) electrons. The molecule has 0 N–H and O–H groups in total. The number of hydrogen-bond donors (Lipinski definition) is 0. The van der Waals surface area contributed by atoms with E-state index in [4.69, 9.17) is 9.47 Å². The molecule has 4 nitrogen and oxygen atoms in total. The molecule has 0 aromatic heterocycles. The minimum atomic E-state index is 0.314. The van der Waals surface area contributed by atoms with Crippen molar-refractivity contribution in [3.63, 3.8) is 0 Å². The Bertz CT molecular complexity index is 712. The van der Waals surface area contributed by atoms with E-state index in [0.717, 1.165) is 50.8 Å². The molecule has 0 saturated heterocycles. The van der Waals surface area contributed by atoms with Gasteiger partial charge in [0, 0.05) is 0 Å². The van der Waals surface area contributed by atoms with E-state index in [0.29, 0.717) is 26.3 Å². The van der Waals surface area contributed by atoms with Crippen LogP contribution < -0.4 is 18.4 Å². The van der Waals surface area contributed by atoms with Gasteiger partial charge in [0.05, 0.1) is 0 Å². The van der Waals surface area contributed by atoms with Crippen molar-refractivity contribution in [3.05, 3.63) is 47.5 Å². The maximum absolute atomic E-state index is 5.78. The van der Waals surface area contributed by atoms with Crippen LogP contribution in [0.2, 0.25) is 0 Å². The van der Waals surface area contributed by atoms with Gasteiger partial charge < -0.3 is 0 Å². The van der Waals surface area contributed by atoms with Crippen molar-refractivity contribution >= 4 is 35.2 Å². The van der Waals surface area contributed by atoms with E-state index < -0.39 is 0 Å². The zero-order valence-corrected chi connectivity index (χ0v) is 22.7. The number of nitrogens with zero attached hydrogens (tertiary/aromatic N) is 2. The van der Waals surface area contributed by atoms with E-state index >= 15 is 0 Å². The van der Waals surface area contributed by atoms with Gasteiger partial charge in [-0.25, -0.2) is 0 Å². The minimum absolute atomic E-state index is 0.314. The van der Waals surface area contributed by atoms with Crippen molar-refractivity contribution in [1.82, 2.24) is 9.80 Å². The first kappa shape index (κ1) is 25.3. The van der Waals surface area contributed by atoms with Gasteiger partial charge in [0.1, 0.15) is 0 Å². The fourth-order valence-corrected chi connectivity index (χ4v) is 11.6. The van der Waals surface area contributed by atoms with Crippen LogP contribution >= 0.6 is 0 Å². The van der Waals surface area contributed by atoms with Gasteiger partial charge in [-0.05, 0) is 0 Å². The molecule has 0 aliphatic carbocycles. The summed E-state index contributed by atoms with van der Waals surface area (Å²) < 4.78 is 14.4. The Kier molecular flexibility index (Phi) is 11.3. The van der Waals surface area contributed by atoms with Gasteiger partial charge in [-0.15, -0.1) is 0 Å². The second-order valence-corrected chi connectivity index (χ2v) is 13.0. The standard InChI is InChI=1S/C24H36N2O2Se2/c1-7-25(8-2)17-19-13-11-15-21(27-5)23(19)29-30-24-20(18-26(9-3)10-4)14-12-16-22(24)28-6/h11-16H,7-10,17-18H2,1-6H3. The maximum atomic E-state index is 5.78. The molecule has 166 valence electrons. The van der Waals surface area contributed by atoms with Crippen LogP contribution in [0, 0.1) is 0 Å². The molecule has 30 heavy (non-hydrogen) atoms. The Hall–Kier alpha value is -1.00. The molecular weight excluding hydrogens is 506 g/mol. The predicted molar refractivity (Wildman–Crippen MR) is 130 cm³/mol. The van der Waals surface area contributed by atoms with Crippen LogP contribution in [0.15, 0.2) is 36.4 Å². The van der Waals surface area contributed by atoms with E-state index in [1.807, 2.05) is 0 Å². The molecule has 2 rings (SSSR count). The van der Waals surface area contributed by atoms with Gasteiger partial charge in [0.15, 0.2) is 0 Å². The Morgan fingerprint density at radius 2 is 1.00 bits per heavy atom. The normalized spacial score (nSPS) is 11.3. The second-order valence-electron chi connectivity index (χ2n) is 6.99. The van der Waals surface area contributed by atoms with E-state index in [9.17, 15) is 0 Å². The van der Waals surface area contributed by atoms with E-state index in [1.165, 1.54) is 20.1 Å². The molecule has 2 aromatic carbocycles. The van der Waals surface area contributed by atoms with Crippen LogP contribution in [-0.4, -0.2) is 76.5 Å². The van der Waals surface area contributed by atoms with Crippen LogP contribution in [0.3, 0.4) is 0 Å². The molecule has 6 heteroatoms. The summed E-state index contributed by atoms with van der Waals surface area (Å²) in [5.41, 5.74) is 2.81. The molecule has 0 fully saturated rings. The van der Waals surface area contributed by atoms with Crippen molar-refractivity contribution < 1.29 is 9.47 Å². The van der Waals surface area contributed by atoms with Gasteiger partial charge in [0.2, 0.25) is 0 Å². The van der Waals surface area contributed by atoms with Gasteiger partial charge in [-0.3, -0.25) is 0 Å². The van der Waals surface area contributed by atoms with Crippen LogP contribution in [0.4, 0.5) is 0 Å². The first-order valence-electron chi connectivity index (χ1n) is 10.7. The summed E-state index contributed by atoms with van der Waals surface area (Å²) in [6.45, 7) is 15.1.